The summed E-state index contributed by atoms with van der Waals surface area (Å²) >= 11 is 0. The molecule has 0 unspecified atom stereocenters. The summed E-state index contributed by atoms with van der Waals surface area (Å²) in [5.74, 6) is -1.30. The van der Waals surface area contributed by atoms with Gasteiger partial charge < -0.3 is 15.2 Å². The topological polar surface area (TPSA) is 78.9 Å². The third-order valence-electron chi connectivity index (χ3n) is 3.69. The van der Waals surface area contributed by atoms with E-state index in [4.69, 9.17) is 4.74 Å². The second-order valence-electron chi connectivity index (χ2n) is 5.46. The minimum atomic E-state index is -1.05. The first-order chi connectivity index (χ1) is 10.6. The van der Waals surface area contributed by atoms with Crippen LogP contribution in [0.5, 0.6) is 0 Å². The molecule has 1 atom stereocenters. The van der Waals surface area contributed by atoms with Crippen molar-refractivity contribution in [3.05, 3.63) is 35.4 Å². The molecule has 6 heteroatoms. The van der Waals surface area contributed by atoms with Crippen LogP contribution in [0.2, 0.25) is 0 Å². The molecule has 0 bridgehead atoms. The zero-order chi connectivity index (χ0) is 15.9. The van der Waals surface area contributed by atoms with E-state index in [0.29, 0.717) is 25.3 Å². The van der Waals surface area contributed by atoms with Crippen molar-refractivity contribution in [2.24, 2.45) is 0 Å². The Bertz CT molecular complexity index is 527. The van der Waals surface area contributed by atoms with Crippen LogP contribution in [0.1, 0.15) is 23.6 Å². The molecule has 1 aliphatic rings. The quantitative estimate of drug-likeness (QED) is 0.818. The van der Waals surface area contributed by atoms with E-state index >= 15 is 0 Å². The number of aliphatic carboxylic acids is 1. The summed E-state index contributed by atoms with van der Waals surface area (Å²) in [6.07, 6.45) is 0.287. The van der Waals surface area contributed by atoms with Crippen LogP contribution in [-0.4, -0.2) is 54.7 Å². The summed E-state index contributed by atoms with van der Waals surface area (Å²) in [6.45, 7) is 5.50. The van der Waals surface area contributed by atoms with E-state index in [2.05, 4.69) is 10.2 Å². The lowest BCUT2D eigenvalue weighted by molar-refractivity contribution is -0.142. The Morgan fingerprint density at radius 1 is 1.36 bits per heavy atom. The van der Waals surface area contributed by atoms with Crippen molar-refractivity contribution in [2.45, 2.75) is 19.4 Å². The van der Waals surface area contributed by atoms with Crippen LogP contribution in [0.25, 0.3) is 0 Å². The number of carboxylic acids is 1. The third kappa shape index (κ3) is 4.82. The van der Waals surface area contributed by atoms with Gasteiger partial charge in [-0.1, -0.05) is 29.8 Å². The molecule has 0 saturated carbocycles. The molecular weight excluding hydrogens is 284 g/mol. The van der Waals surface area contributed by atoms with Crippen molar-refractivity contribution in [3.8, 4) is 0 Å². The molecule has 1 fully saturated rings. The van der Waals surface area contributed by atoms with Gasteiger partial charge >= 0.3 is 5.97 Å². The lowest BCUT2D eigenvalue weighted by Gasteiger charge is -2.26. The Morgan fingerprint density at radius 3 is 2.73 bits per heavy atom. The van der Waals surface area contributed by atoms with Crippen LogP contribution >= 0.6 is 0 Å². The Balaban J connectivity index is 1.90. The van der Waals surface area contributed by atoms with E-state index < -0.39 is 12.0 Å². The maximum atomic E-state index is 12.0. The van der Waals surface area contributed by atoms with Crippen LogP contribution in [0, 0.1) is 6.92 Å². The molecule has 1 heterocycles. The van der Waals surface area contributed by atoms with Gasteiger partial charge in [0.2, 0.25) is 5.91 Å². The largest absolute Gasteiger partial charge is 0.479 e. The van der Waals surface area contributed by atoms with Gasteiger partial charge in [-0.2, -0.15) is 0 Å². The Hall–Kier alpha value is -1.92. The second kappa shape index (κ2) is 7.91. The number of hydrogen-bond acceptors (Lipinski definition) is 4. The summed E-state index contributed by atoms with van der Waals surface area (Å²) in [7, 11) is 0. The number of carboxylic acid groups (broad SMARTS) is 1. The molecule has 0 aromatic heterocycles. The Labute approximate surface area is 130 Å². The molecule has 22 heavy (non-hydrogen) atoms. The molecular formula is C16H22N2O4. The zero-order valence-electron chi connectivity index (χ0n) is 12.7. The summed E-state index contributed by atoms with van der Waals surface area (Å²) in [5.41, 5.74) is 1.55. The summed E-state index contributed by atoms with van der Waals surface area (Å²) in [5, 5.41) is 11.9. The fourth-order valence-corrected chi connectivity index (χ4v) is 2.45. The predicted molar refractivity (Wildman–Crippen MR) is 81.6 cm³/mol. The van der Waals surface area contributed by atoms with Gasteiger partial charge in [-0.05, 0) is 12.5 Å². The Morgan fingerprint density at radius 2 is 2.09 bits per heavy atom. The number of carbonyl (C=O) groups excluding carboxylic acids is 1. The number of morpholine rings is 1. The van der Waals surface area contributed by atoms with Crippen LogP contribution < -0.4 is 5.32 Å². The smallest absolute Gasteiger partial charge is 0.330 e. The molecule has 0 aliphatic carbocycles. The maximum absolute atomic E-state index is 12.0. The zero-order valence-corrected chi connectivity index (χ0v) is 12.7. The molecule has 120 valence electrons. The van der Waals surface area contributed by atoms with Gasteiger partial charge in [0.05, 0.1) is 13.2 Å². The minimum absolute atomic E-state index is 0.250. The maximum Gasteiger partial charge on any atom is 0.330 e. The molecule has 2 N–H and O–H groups in total. The van der Waals surface area contributed by atoms with E-state index in [0.717, 1.165) is 18.7 Å². The number of ether oxygens (including phenoxy) is 1. The van der Waals surface area contributed by atoms with E-state index in [1.807, 2.05) is 13.0 Å². The lowest BCUT2D eigenvalue weighted by atomic mass is 10.0. The van der Waals surface area contributed by atoms with Gasteiger partial charge in [0, 0.05) is 26.1 Å². The highest BCUT2D eigenvalue weighted by Gasteiger charge is 2.22. The fraction of sp³-hybridized carbons (Fsp3) is 0.500. The van der Waals surface area contributed by atoms with Crippen LogP contribution in [0.15, 0.2) is 24.3 Å². The molecule has 0 radical (unpaired) electrons. The number of benzene rings is 1. The highest BCUT2D eigenvalue weighted by molar-refractivity contribution is 5.84. The number of carbonyl (C=O) groups is 2. The summed E-state index contributed by atoms with van der Waals surface area (Å²) in [4.78, 5) is 25.6. The van der Waals surface area contributed by atoms with Crippen molar-refractivity contribution >= 4 is 11.9 Å². The highest BCUT2D eigenvalue weighted by Crippen LogP contribution is 2.15. The first-order valence-corrected chi connectivity index (χ1v) is 7.45. The van der Waals surface area contributed by atoms with Crippen LogP contribution in [0.4, 0.5) is 0 Å². The Kier molecular flexibility index (Phi) is 5.91. The highest BCUT2D eigenvalue weighted by atomic mass is 16.5. The molecule has 6 nitrogen and oxygen atoms in total. The van der Waals surface area contributed by atoms with Crippen molar-refractivity contribution in [2.75, 3.05) is 32.8 Å². The lowest BCUT2D eigenvalue weighted by Crippen LogP contribution is -2.40. The summed E-state index contributed by atoms with van der Waals surface area (Å²) in [6, 6.07) is 6.18. The fourth-order valence-electron chi connectivity index (χ4n) is 2.45. The monoisotopic (exact) mass is 306 g/mol. The number of hydrogen-bond donors (Lipinski definition) is 2. The van der Waals surface area contributed by atoms with E-state index in [1.165, 1.54) is 0 Å². The van der Waals surface area contributed by atoms with Crippen LogP contribution in [-0.2, 0) is 14.3 Å². The van der Waals surface area contributed by atoms with Gasteiger partial charge in [-0.15, -0.1) is 0 Å². The van der Waals surface area contributed by atoms with Gasteiger partial charge in [-0.3, -0.25) is 9.69 Å². The number of nitrogens with one attached hydrogen (secondary N) is 1. The van der Waals surface area contributed by atoms with Gasteiger partial charge in [0.15, 0.2) is 6.04 Å². The molecule has 1 saturated heterocycles. The van der Waals surface area contributed by atoms with Crippen molar-refractivity contribution in [3.63, 3.8) is 0 Å². The molecule has 1 aliphatic heterocycles. The van der Waals surface area contributed by atoms with Gasteiger partial charge in [0.25, 0.3) is 0 Å². The first kappa shape index (κ1) is 16.5. The molecule has 2 rings (SSSR count). The van der Waals surface area contributed by atoms with Crippen molar-refractivity contribution < 1.29 is 19.4 Å². The van der Waals surface area contributed by atoms with Crippen LogP contribution in [0.3, 0.4) is 0 Å². The van der Waals surface area contributed by atoms with Crippen molar-refractivity contribution in [1.29, 1.82) is 0 Å². The number of nitrogens with zero attached hydrogens (tertiary/aromatic N) is 1. The molecule has 1 amide bonds. The second-order valence-corrected chi connectivity index (χ2v) is 5.46. The van der Waals surface area contributed by atoms with Gasteiger partial charge in [0.1, 0.15) is 0 Å². The van der Waals surface area contributed by atoms with E-state index in [9.17, 15) is 14.7 Å². The van der Waals surface area contributed by atoms with E-state index in [-0.39, 0.29) is 12.3 Å². The normalized spacial score (nSPS) is 17.0. The average Bonchev–Trinajstić information content (AvgIpc) is 2.51. The molecule has 0 spiro atoms. The predicted octanol–water partition coefficient (Wildman–Crippen LogP) is 0.959. The van der Waals surface area contributed by atoms with Crippen molar-refractivity contribution in [1.82, 2.24) is 10.2 Å². The number of amides is 1. The average molecular weight is 306 g/mol. The molecule has 1 aromatic rings. The standard InChI is InChI=1S/C16H22N2O4/c1-12-3-2-4-13(11-12)15(16(20)21)17-14(19)5-6-18-7-9-22-10-8-18/h2-4,11,15H,5-10H2,1H3,(H,17,19)(H,20,21)/t15-/m0/s1. The van der Waals surface area contributed by atoms with E-state index in [1.54, 1.807) is 18.2 Å². The number of aryl methyl sites for hydroxylation is 1. The first-order valence-electron chi connectivity index (χ1n) is 7.45. The third-order valence-corrected chi connectivity index (χ3v) is 3.69. The number of rotatable bonds is 6. The van der Waals surface area contributed by atoms with Gasteiger partial charge in [-0.25, -0.2) is 4.79 Å². The molecule has 1 aromatic carbocycles. The SMILES string of the molecule is Cc1cccc([C@H](NC(=O)CCN2CCOCC2)C(=O)O)c1. The summed E-state index contributed by atoms with van der Waals surface area (Å²) < 4.78 is 5.25. The minimum Gasteiger partial charge on any atom is -0.479 e.